The number of nitrogens with one attached hydrogen (secondary N) is 1. The molecule has 3 rings (SSSR count). The number of benzene rings is 3. The Morgan fingerprint density at radius 1 is 0.789 bits per heavy atom. The van der Waals surface area contributed by atoms with Crippen molar-refractivity contribution in [3.05, 3.63) is 100 Å². The topological polar surface area (TPSA) is 116 Å². The maximum atomic E-state index is 12.4. The van der Waals surface area contributed by atoms with Crippen LogP contribution in [0.2, 0.25) is 0 Å². The Morgan fingerprint density at radius 2 is 1.42 bits per heavy atom. The number of carbonyl (C=O) groups excluding carboxylic acids is 5. The molecule has 0 heterocycles. The van der Waals surface area contributed by atoms with Gasteiger partial charge in [-0.25, -0.2) is 4.79 Å². The molecule has 0 spiro atoms. The molecule has 1 amide bonds. The van der Waals surface area contributed by atoms with E-state index in [9.17, 15) is 24.0 Å². The van der Waals surface area contributed by atoms with Gasteiger partial charge in [-0.05, 0) is 49.7 Å². The van der Waals surface area contributed by atoms with Crippen LogP contribution in [0.4, 0.5) is 5.69 Å². The minimum absolute atomic E-state index is 0.00823. The molecule has 0 saturated heterocycles. The third kappa shape index (κ3) is 8.77. The van der Waals surface area contributed by atoms with Gasteiger partial charge in [0.1, 0.15) is 0 Å². The van der Waals surface area contributed by atoms with Crippen LogP contribution in [0.15, 0.2) is 83.3 Å². The zero-order chi connectivity index (χ0) is 27.5. The van der Waals surface area contributed by atoms with Crippen LogP contribution in [0, 0.1) is 0 Å². The number of anilines is 1. The minimum atomic E-state index is -0.949. The summed E-state index contributed by atoms with van der Waals surface area (Å²) < 4.78 is 11.1. The normalized spacial score (nSPS) is 11.2. The van der Waals surface area contributed by atoms with Crippen molar-refractivity contribution < 1.29 is 33.4 Å². The fourth-order valence-corrected chi connectivity index (χ4v) is 3.63. The van der Waals surface area contributed by atoms with E-state index in [1.54, 1.807) is 66.7 Å². The SMILES string of the molecule is C[C@@H](OC(=O)c1ccc(NC(=O)CCCC(=O)OCC(=O)c2ccc(Br)cc2)cc1)C(=O)c1ccccc1. The molecule has 3 aromatic rings. The van der Waals surface area contributed by atoms with Gasteiger partial charge in [-0.2, -0.15) is 0 Å². The third-order valence-corrected chi connectivity index (χ3v) is 5.96. The van der Waals surface area contributed by atoms with E-state index in [2.05, 4.69) is 21.2 Å². The molecule has 1 atom stereocenters. The highest BCUT2D eigenvalue weighted by atomic mass is 79.9. The van der Waals surface area contributed by atoms with Crippen molar-refractivity contribution in [3.8, 4) is 0 Å². The second-order valence-corrected chi connectivity index (χ2v) is 9.26. The maximum absolute atomic E-state index is 12.4. The molecule has 3 aromatic carbocycles. The van der Waals surface area contributed by atoms with Crippen LogP contribution in [-0.4, -0.2) is 42.1 Å². The molecule has 1 N–H and O–H groups in total. The van der Waals surface area contributed by atoms with Crippen LogP contribution in [0.25, 0.3) is 0 Å². The second-order valence-electron chi connectivity index (χ2n) is 8.35. The monoisotopic (exact) mass is 579 g/mol. The molecule has 196 valence electrons. The summed E-state index contributed by atoms with van der Waals surface area (Å²) >= 11 is 3.29. The van der Waals surface area contributed by atoms with Gasteiger partial charge < -0.3 is 14.8 Å². The first-order valence-electron chi connectivity index (χ1n) is 11.9. The van der Waals surface area contributed by atoms with E-state index in [0.717, 1.165) is 4.47 Å². The Hall–Kier alpha value is -4.11. The largest absolute Gasteiger partial charge is 0.457 e. The summed E-state index contributed by atoms with van der Waals surface area (Å²) in [5.74, 6) is -2.15. The van der Waals surface area contributed by atoms with E-state index in [-0.39, 0.29) is 48.9 Å². The lowest BCUT2D eigenvalue weighted by Crippen LogP contribution is -2.24. The summed E-state index contributed by atoms with van der Waals surface area (Å²) in [5.41, 5.74) is 1.59. The number of halogens is 1. The van der Waals surface area contributed by atoms with Crippen LogP contribution < -0.4 is 5.32 Å². The predicted molar refractivity (Wildman–Crippen MR) is 144 cm³/mol. The van der Waals surface area contributed by atoms with Crippen molar-refractivity contribution in [2.75, 3.05) is 11.9 Å². The fraction of sp³-hybridized carbons (Fsp3) is 0.207. The summed E-state index contributed by atoms with van der Waals surface area (Å²) in [7, 11) is 0. The van der Waals surface area contributed by atoms with Crippen molar-refractivity contribution in [2.45, 2.75) is 32.3 Å². The summed E-state index contributed by atoms with van der Waals surface area (Å²) in [5, 5.41) is 2.68. The zero-order valence-corrected chi connectivity index (χ0v) is 22.2. The fourth-order valence-electron chi connectivity index (χ4n) is 3.36. The Labute approximate surface area is 228 Å². The Morgan fingerprint density at radius 3 is 2.08 bits per heavy atom. The summed E-state index contributed by atoms with van der Waals surface area (Å²) in [6, 6.07) is 21.3. The van der Waals surface area contributed by atoms with E-state index < -0.39 is 18.0 Å². The van der Waals surface area contributed by atoms with Crippen molar-refractivity contribution in [3.63, 3.8) is 0 Å². The molecule has 0 aliphatic carbocycles. The Kier molecular flexibility index (Phi) is 10.5. The first-order valence-corrected chi connectivity index (χ1v) is 12.7. The van der Waals surface area contributed by atoms with Crippen LogP contribution in [0.1, 0.15) is 57.3 Å². The summed E-state index contributed by atoms with van der Waals surface area (Å²) in [6.07, 6.45) is -0.644. The number of hydrogen-bond acceptors (Lipinski definition) is 7. The summed E-state index contributed by atoms with van der Waals surface area (Å²) in [4.78, 5) is 60.9. The first-order chi connectivity index (χ1) is 18.2. The molecule has 0 aliphatic heterocycles. The van der Waals surface area contributed by atoms with Crippen molar-refractivity contribution >= 4 is 51.0 Å². The highest BCUT2D eigenvalue weighted by molar-refractivity contribution is 9.10. The van der Waals surface area contributed by atoms with Gasteiger partial charge in [-0.1, -0.05) is 58.4 Å². The molecule has 0 radical (unpaired) electrons. The molecule has 8 nitrogen and oxygen atoms in total. The standard InChI is InChI=1S/C29H26BrNO7/c1-19(28(35)21-6-3-2-4-7-21)38-29(36)22-12-16-24(17-13-22)31-26(33)8-5-9-27(34)37-18-25(32)20-10-14-23(30)15-11-20/h2-4,6-7,10-17,19H,5,8-9,18H2,1H3,(H,31,33)/t19-/m1/s1. The minimum Gasteiger partial charge on any atom is -0.457 e. The Bertz CT molecular complexity index is 1290. The van der Waals surface area contributed by atoms with E-state index in [1.807, 2.05) is 0 Å². The van der Waals surface area contributed by atoms with Gasteiger partial charge in [0.25, 0.3) is 0 Å². The molecule has 9 heteroatoms. The quantitative estimate of drug-likeness (QED) is 0.225. The maximum Gasteiger partial charge on any atom is 0.338 e. The van der Waals surface area contributed by atoms with E-state index in [1.165, 1.54) is 19.1 Å². The average molecular weight is 580 g/mol. The summed E-state index contributed by atoms with van der Waals surface area (Å²) in [6.45, 7) is 1.15. The molecule has 0 aromatic heterocycles. The smallest absolute Gasteiger partial charge is 0.338 e. The van der Waals surface area contributed by atoms with E-state index in [4.69, 9.17) is 9.47 Å². The average Bonchev–Trinajstić information content (AvgIpc) is 2.92. The molecule has 0 aliphatic rings. The van der Waals surface area contributed by atoms with Gasteiger partial charge in [0, 0.05) is 34.1 Å². The van der Waals surface area contributed by atoms with E-state index in [0.29, 0.717) is 16.8 Å². The van der Waals surface area contributed by atoms with Crippen LogP contribution in [0.3, 0.4) is 0 Å². The lowest BCUT2D eigenvalue weighted by molar-refractivity contribution is -0.142. The highest BCUT2D eigenvalue weighted by Crippen LogP contribution is 2.14. The van der Waals surface area contributed by atoms with Gasteiger partial charge >= 0.3 is 11.9 Å². The van der Waals surface area contributed by atoms with Gasteiger partial charge in [0.2, 0.25) is 11.7 Å². The molecule has 0 fully saturated rings. The van der Waals surface area contributed by atoms with Crippen LogP contribution in [-0.2, 0) is 19.1 Å². The number of hydrogen-bond donors (Lipinski definition) is 1. The number of Topliss-reactive ketones (excluding diaryl/α,β-unsaturated/α-hetero) is 2. The van der Waals surface area contributed by atoms with Crippen LogP contribution >= 0.6 is 15.9 Å². The number of esters is 2. The zero-order valence-electron chi connectivity index (χ0n) is 20.6. The van der Waals surface area contributed by atoms with Crippen molar-refractivity contribution in [2.24, 2.45) is 0 Å². The first kappa shape index (κ1) is 28.5. The van der Waals surface area contributed by atoms with Gasteiger partial charge in [0.15, 0.2) is 18.5 Å². The van der Waals surface area contributed by atoms with Gasteiger partial charge in [-0.15, -0.1) is 0 Å². The molecule has 38 heavy (non-hydrogen) atoms. The number of carbonyl (C=O) groups is 5. The number of ketones is 2. The number of amides is 1. The molecular formula is C29H26BrNO7. The number of rotatable bonds is 12. The molecule has 0 saturated carbocycles. The highest BCUT2D eigenvalue weighted by Gasteiger charge is 2.20. The van der Waals surface area contributed by atoms with Crippen molar-refractivity contribution in [1.82, 2.24) is 0 Å². The molecule has 0 unspecified atom stereocenters. The Balaban J connectivity index is 1.37. The van der Waals surface area contributed by atoms with Crippen LogP contribution in [0.5, 0.6) is 0 Å². The molecular weight excluding hydrogens is 554 g/mol. The van der Waals surface area contributed by atoms with Gasteiger partial charge in [0.05, 0.1) is 5.56 Å². The third-order valence-electron chi connectivity index (χ3n) is 5.43. The second kappa shape index (κ2) is 14.0. The number of ether oxygens (including phenoxy) is 2. The predicted octanol–water partition coefficient (Wildman–Crippen LogP) is 5.41. The van der Waals surface area contributed by atoms with Gasteiger partial charge in [-0.3, -0.25) is 19.2 Å². The lowest BCUT2D eigenvalue weighted by atomic mass is 10.1. The molecule has 0 bridgehead atoms. The lowest BCUT2D eigenvalue weighted by Gasteiger charge is -2.12. The van der Waals surface area contributed by atoms with Crippen molar-refractivity contribution in [1.29, 1.82) is 0 Å². The van der Waals surface area contributed by atoms with E-state index >= 15 is 0 Å².